The molecule has 13 nitrogen and oxygen atoms in total. The van der Waals surface area contributed by atoms with Crippen LogP contribution in [-0.2, 0) is 25.5 Å². The second kappa shape index (κ2) is 15.6. The van der Waals surface area contributed by atoms with Gasteiger partial charge in [-0.3, -0.25) is 14.5 Å². The molecule has 0 saturated carbocycles. The number of carbonyl (C=O) groups is 5. The first-order valence-electron chi connectivity index (χ1n) is 15.9. The van der Waals surface area contributed by atoms with Gasteiger partial charge in [0.1, 0.15) is 17.3 Å². The molecule has 2 aliphatic heterocycles. The Morgan fingerprint density at radius 2 is 1.59 bits per heavy atom. The van der Waals surface area contributed by atoms with Crippen LogP contribution < -0.4 is 10.6 Å². The van der Waals surface area contributed by atoms with Crippen molar-refractivity contribution >= 4 is 30.0 Å². The molecule has 2 saturated heterocycles. The van der Waals surface area contributed by atoms with Crippen molar-refractivity contribution in [1.29, 1.82) is 0 Å². The van der Waals surface area contributed by atoms with Crippen LogP contribution in [0.2, 0.25) is 0 Å². The van der Waals surface area contributed by atoms with Gasteiger partial charge in [0.25, 0.3) is 0 Å². The highest BCUT2D eigenvalue weighted by atomic mass is 16.6. The van der Waals surface area contributed by atoms with Crippen molar-refractivity contribution in [2.45, 2.75) is 115 Å². The van der Waals surface area contributed by atoms with Crippen LogP contribution in [0.3, 0.4) is 0 Å². The Hall–Kier alpha value is -3.87. The summed E-state index contributed by atoms with van der Waals surface area (Å²) in [5.41, 5.74) is -0.444. The molecule has 2 heterocycles. The van der Waals surface area contributed by atoms with Crippen molar-refractivity contribution < 1.29 is 43.7 Å². The maximum Gasteiger partial charge on any atom is 0.410 e. The summed E-state index contributed by atoms with van der Waals surface area (Å²) in [6.07, 6.45) is -2.08. The minimum atomic E-state index is -1.26. The number of nitrogens with zero attached hydrogens (tertiary/aromatic N) is 2. The summed E-state index contributed by atoms with van der Waals surface area (Å²) in [5.74, 6) is -1.01. The van der Waals surface area contributed by atoms with Gasteiger partial charge in [-0.15, -0.1) is 0 Å². The van der Waals surface area contributed by atoms with E-state index in [0.717, 1.165) is 10.5 Å². The number of Topliss-reactive ketones (excluding diaryl/α,β-unsaturated/α-hetero) is 1. The normalized spacial score (nSPS) is 22.2. The number of benzene rings is 1. The van der Waals surface area contributed by atoms with E-state index in [1.807, 2.05) is 30.3 Å². The van der Waals surface area contributed by atoms with E-state index in [2.05, 4.69) is 10.6 Å². The molecule has 1 aromatic carbocycles. The molecule has 2 fully saturated rings. The molecule has 46 heavy (non-hydrogen) atoms. The minimum Gasteiger partial charge on any atom is -0.465 e. The summed E-state index contributed by atoms with van der Waals surface area (Å²) in [6.45, 7) is 11.0. The SMILES string of the molecule is CC(C)(C)OC(=O)NCCC1C[C@@H](C(=O)C[C@@H]2C[C@@H](NC(=O)[C@H](O)CCc3ccccc3)CN2C(=O)O)N(C(=O)OC(C)(C)C)C1. The highest BCUT2D eigenvalue weighted by molar-refractivity contribution is 5.89. The molecule has 4 amide bonds. The fourth-order valence-electron chi connectivity index (χ4n) is 5.85. The summed E-state index contributed by atoms with van der Waals surface area (Å²) in [7, 11) is 0. The molecule has 0 aliphatic carbocycles. The maximum atomic E-state index is 13.7. The predicted molar refractivity (Wildman–Crippen MR) is 169 cm³/mol. The second-order valence-electron chi connectivity index (χ2n) is 14.2. The lowest BCUT2D eigenvalue weighted by molar-refractivity contribution is -0.130. The minimum absolute atomic E-state index is 0.0240. The molecule has 1 unspecified atom stereocenters. The highest BCUT2D eigenvalue weighted by Crippen LogP contribution is 2.31. The smallest absolute Gasteiger partial charge is 0.410 e. The zero-order valence-electron chi connectivity index (χ0n) is 27.8. The third kappa shape index (κ3) is 11.5. The number of nitrogens with one attached hydrogen (secondary N) is 2. The van der Waals surface area contributed by atoms with Gasteiger partial charge in [-0.05, 0) is 85.1 Å². The van der Waals surface area contributed by atoms with Gasteiger partial charge in [-0.25, -0.2) is 14.4 Å². The van der Waals surface area contributed by atoms with Crippen LogP contribution in [0.4, 0.5) is 14.4 Å². The number of rotatable bonds is 11. The average molecular weight is 647 g/mol. The Kier molecular flexibility index (Phi) is 12.4. The molecule has 1 aromatic rings. The molecule has 4 N–H and O–H groups in total. The first kappa shape index (κ1) is 36.6. The third-order valence-corrected chi connectivity index (χ3v) is 7.90. The fourth-order valence-corrected chi connectivity index (χ4v) is 5.85. The predicted octanol–water partition coefficient (Wildman–Crippen LogP) is 3.72. The van der Waals surface area contributed by atoms with Crippen LogP contribution in [0.25, 0.3) is 0 Å². The number of amides is 4. The topological polar surface area (TPSA) is 175 Å². The molecule has 0 aromatic heterocycles. The number of aryl methyl sites for hydroxylation is 1. The van der Waals surface area contributed by atoms with Gasteiger partial charge in [0.15, 0.2) is 5.78 Å². The zero-order chi connectivity index (χ0) is 34.2. The van der Waals surface area contributed by atoms with E-state index >= 15 is 0 Å². The molecule has 5 atom stereocenters. The third-order valence-electron chi connectivity index (χ3n) is 7.90. The number of aliphatic hydroxyl groups excluding tert-OH is 1. The highest BCUT2D eigenvalue weighted by Gasteiger charge is 2.44. The van der Waals surface area contributed by atoms with Crippen molar-refractivity contribution in [1.82, 2.24) is 20.4 Å². The Morgan fingerprint density at radius 3 is 2.20 bits per heavy atom. The number of hydrogen-bond donors (Lipinski definition) is 4. The van der Waals surface area contributed by atoms with E-state index in [9.17, 15) is 34.2 Å². The van der Waals surface area contributed by atoms with Gasteiger partial charge in [-0.1, -0.05) is 30.3 Å². The summed E-state index contributed by atoms with van der Waals surface area (Å²) in [6, 6.07) is 7.33. The van der Waals surface area contributed by atoms with Gasteiger partial charge in [0.2, 0.25) is 5.91 Å². The molecule has 2 aliphatic rings. The lowest BCUT2D eigenvalue weighted by Crippen LogP contribution is -2.45. The van der Waals surface area contributed by atoms with E-state index in [0.29, 0.717) is 19.3 Å². The molecule has 13 heteroatoms. The maximum absolute atomic E-state index is 13.7. The molecular weight excluding hydrogens is 596 g/mol. The Labute approximate surface area is 271 Å². The van der Waals surface area contributed by atoms with Gasteiger partial charge >= 0.3 is 18.3 Å². The number of carbonyl (C=O) groups excluding carboxylic acids is 4. The lowest BCUT2D eigenvalue weighted by Gasteiger charge is -2.29. The number of aliphatic hydroxyl groups is 1. The summed E-state index contributed by atoms with van der Waals surface area (Å²) < 4.78 is 10.9. The van der Waals surface area contributed by atoms with Gasteiger partial charge in [-0.2, -0.15) is 0 Å². The number of hydrogen-bond acceptors (Lipinski definition) is 8. The van der Waals surface area contributed by atoms with Gasteiger partial charge in [0.05, 0.1) is 6.04 Å². The monoisotopic (exact) mass is 646 g/mol. The van der Waals surface area contributed by atoms with Crippen LogP contribution >= 0.6 is 0 Å². The largest absolute Gasteiger partial charge is 0.465 e. The Morgan fingerprint density at radius 1 is 0.935 bits per heavy atom. The quantitative estimate of drug-likeness (QED) is 0.279. The van der Waals surface area contributed by atoms with E-state index in [1.54, 1.807) is 41.5 Å². The van der Waals surface area contributed by atoms with Crippen LogP contribution in [0.1, 0.15) is 79.2 Å². The Balaban J connectivity index is 1.61. The number of likely N-dealkylation sites (tertiary alicyclic amines) is 2. The summed E-state index contributed by atoms with van der Waals surface area (Å²) in [5, 5.41) is 25.8. The average Bonchev–Trinajstić information content (AvgIpc) is 3.55. The Bertz CT molecular complexity index is 1230. The molecule has 3 rings (SSSR count). The second-order valence-corrected chi connectivity index (χ2v) is 14.2. The van der Waals surface area contributed by atoms with Crippen LogP contribution in [0, 0.1) is 5.92 Å². The van der Waals surface area contributed by atoms with E-state index < -0.39 is 59.6 Å². The molecule has 0 spiro atoms. The first-order chi connectivity index (χ1) is 21.4. The van der Waals surface area contributed by atoms with Crippen LogP contribution in [0.5, 0.6) is 0 Å². The fraction of sp³-hybridized carbons (Fsp3) is 0.667. The summed E-state index contributed by atoms with van der Waals surface area (Å²) >= 11 is 0. The van der Waals surface area contributed by atoms with Crippen molar-refractivity contribution in [2.75, 3.05) is 19.6 Å². The van der Waals surface area contributed by atoms with Crippen LogP contribution in [0.15, 0.2) is 30.3 Å². The van der Waals surface area contributed by atoms with Crippen molar-refractivity contribution in [3.8, 4) is 0 Å². The number of alkyl carbamates (subject to hydrolysis) is 1. The number of carboxylic acid groups (broad SMARTS) is 1. The van der Waals surface area contributed by atoms with Crippen molar-refractivity contribution in [3.63, 3.8) is 0 Å². The van der Waals surface area contributed by atoms with Gasteiger partial charge < -0.3 is 35.2 Å². The van der Waals surface area contributed by atoms with E-state index in [1.165, 1.54) is 4.90 Å². The number of ether oxygens (including phenoxy) is 2. The zero-order valence-corrected chi connectivity index (χ0v) is 27.8. The molecule has 0 radical (unpaired) electrons. The lowest BCUT2D eigenvalue weighted by atomic mass is 9.96. The standard InChI is InChI=1S/C33H50N4O9/c1-32(2,3)45-29(41)34-15-14-22-16-25(37(19-22)31(44)46-33(4,5)6)27(39)18-24-17-23(20-36(24)30(42)43)35-28(40)26(38)13-12-21-10-8-7-9-11-21/h7-11,22-26,38H,12-20H2,1-6H3,(H,34,41)(H,35,40)(H,42,43)/t22?,23-,24+,25+,26-/m1/s1. The van der Waals surface area contributed by atoms with Gasteiger partial charge in [0, 0.05) is 38.1 Å². The van der Waals surface area contributed by atoms with Crippen molar-refractivity contribution in [2.24, 2.45) is 5.92 Å². The molecule has 256 valence electrons. The number of ketones is 1. The van der Waals surface area contributed by atoms with Crippen LogP contribution in [-0.4, -0.2) is 105 Å². The first-order valence-corrected chi connectivity index (χ1v) is 15.9. The molecule has 0 bridgehead atoms. The van der Waals surface area contributed by atoms with E-state index in [4.69, 9.17) is 9.47 Å². The van der Waals surface area contributed by atoms with Crippen molar-refractivity contribution in [3.05, 3.63) is 35.9 Å². The van der Waals surface area contributed by atoms with E-state index in [-0.39, 0.29) is 50.6 Å². The summed E-state index contributed by atoms with van der Waals surface area (Å²) in [4.78, 5) is 66.3. The molecular formula is C33H50N4O9.